The van der Waals surface area contributed by atoms with Crippen LogP contribution in [0.3, 0.4) is 0 Å². The number of hydrogen-bond donors (Lipinski definition) is 0. The maximum absolute atomic E-state index is 11.6. The topological polar surface area (TPSA) is 35.5 Å². The number of ketones is 1. The smallest absolute Gasteiger partial charge is 0.193 e. The van der Waals surface area contributed by atoms with Gasteiger partial charge in [-0.2, -0.15) is 0 Å². The summed E-state index contributed by atoms with van der Waals surface area (Å²) in [4.78, 5) is 11.6. The average molecular weight is 198 g/mol. The highest BCUT2D eigenvalue weighted by Crippen LogP contribution is 2.39. The van der Waals surface area contributed by atoms with Crippen LogP contribution in [0, 0.1) is 5.92 Å². The van der Waals surface area contributed by atoms with Crippen molar-refractivity contribution >= 4 is 5.78 Å². The highest BCUT2D eigenvalue weighted by atomic mass is 16.7. The second-order valence-electron chi connectivity index (χ2n) is 3.85. The monoisotopic (exact) mass is 198 g/mol. The summed E-state index contributed by atoms with van der Waals surface area (Å²) in [6, 6.07) is 0. The zero-order valence-corrected chi connectivity index (χ0v) is 9.51. The van der Waals surface area contributed by atoms with Gasteiger partial charge in [-0.15, -0.1) is 0 Å². The molecule has 0 aromatic carbocycles. The SMILES string of the molecule is COC1(OC)C(C)=C(C)C(=O)C[C@@H]1C. The number of Topliss-reactive ketones (excluding diaryl/α,β-unsaturated/α-hetero) is 1. The van der Waals surface area contributed by atoms with E-state index >= 15 is 0 Å². The van der Waals surface area contributed by atoms with E-state index in [0.29, 0.717) is 6.42 Å². The molecule has 0 spiro atoms. The predicted octanol–water partition coefficient (Wildman–Crippen LogP) is 1.92. The minimum Gasteiger partial charge on any atom is -0.349 e. The van der Waals surface area contributed by atoms with E-state index in [2.05, 4.69) is 0 Å². The summed E-state index contributed by atoms with van der Waals surface area (Å²) in [5, 5.41) is 0. The number of rotatable bonds is 2. The Balaban J connectivity index is 3.22. The molecule has 14 heavy (non-hydrogen) atoms. The number of carbonyl (C=O) groups excluding carboxylic acids is 1. The van der Waals surface area contributed by atoms with E-state index in [1.807, 2.05) is 20.8 Å². The molecule has 0 aliphatic heterocycles. The van der Waals surface area contributed by atoms with Crippen molar-refractivity contribution in [2.75, 3.05) is 14.2 Å². The molecule has 1 aliphatic carbocycles. The molecule has 0 heterocycles. The van der Waals surface area contributed by atoms with Gasteiger partial charge in [-0.1, -0.05) is 6.92 Å². The normalized spacial score (nSPS) is 26.9. The Morgan fingerprint density at radius 3 is 2.21 bits per heavy atom. The van der Waals surface area contributed by atoms with Gasteiger partial charge in [0.05, 0.1) is 0 Å². The standard InChI is InChI=1S/C11H18O3/c1-7-6-10(12)8(2)9(3)11(7,13-4)14-5/h7H,6H2,1-5H3/t7-/m0/s1. The third-order valence-corrected chi connectivity index (χ3v) is 3.25. The molecule has 3 nitrogen and oxygen atoms in total. The summed E-state index contributed by atoms with van der Waals surface area (Å²) < 4.78 is 10.9. The molecule has 0 saturated heterocycles. The van der Waals surface area contributed by atoms with Crippen LogP contribution in [0.25, 0.3) is 0 Å². The molecular weight excluding hydrogens is 180 g/mol. The molecular formula is C11H18O3. The van der Waals surface area contributed by atoms with Crippen molar-refractivity contribution in [3.8, 4) is 0 Å². The first-order valence-electron chi connectivity index (χ1n) is 4.81. The van der Waals surface area contributed by atoms with Crippen LogP contribution < -0.4 is 0 Å². The Kier molecular flexibility index (Phi) is 3.12. The Morgan fingerprint density at radius 2 is 1.79 bits per heavy atom. The molecule has 0 bridgehead atoms. The third-order valence-electron chi connectivity index (χ3n) is 3.25. The molecule has 0 fully saturated rings. The second-order valence-corrected chi connectivity index (χ2v) is 3.85. The van der Waals surface area contributed by atoms with Gasteiger partial charge in [0.1, 0.15) is 0 Å². The quantitative estimate of drug-likeness (QED) is 0.636. The number of methoxy groups -OCH3 is 2. The Labute approximate surface area is 85.1 Å². The third kappa shape index (κ3) is 1.41. The zero-order chi connectivity index (χ0) is 10.9. The summed E-state index contributed by atoms with van der Waals surface area (Å²) in [6.07, 6.45) is 0.491. The van der Waals surface area contributed by atoms with Gasteiger partial charge >= 0.3 is 0 Å². The maximum atomic E-state index is 11.6. The van der Waals surface area contributed by atoms with E-state index < -0.39 is 5.79 Å². The number of carbonyl (C=O) groups is 1. The van der Waals surface area contributed by atoms with Gasteiger partial charge in [-0.25, -0.2) is 0 Å². The van der Waals surface area contributed by atoms with E-state index in [-0.39, 0.29) is 11.7 Å². The van der Waals surface area contributed by atoms with Gasteiger partial charge in [-0.3, -0.25) is 4.79 Å². The van der Waals surface area contributed by atoms with Crippen LogP contribution in [0.5, 0.6) is 0 Å². The van der Waals surface area contributed by atoms with Crippen molar-refractivity contribution in [2.24, 2.45) is 5.92 Å². The first-order valence-corrected chi connectivity index (χ1v) is 4.81. The Bertz CT molecular complexity index is 274. The fourth-order valence-electron chi connectivity index (χ4n) is 2.20. The molecule has 80 valence electrons. The Morgan fingerprint density at radius 1 is 1.29 bits per heavy atom. The van der Waals surface area contributed by atoms with E-state index in [0.717, 1.165) is 11.1 Å². The lowest BCUT2D eigenvalue weighted by molar-refractivity contribution is -0.213. The predicted molar refractivity (Wildman–Crippen MR) is 53.9 cm³/mol. The van der Waals surface area contributed by atoms with Crippen LogP contribution in [-0.2, 0) is 14.3 Å². The second kappa shape index (κ2) is 3.83. The van der Waals surface area contributed by atoms with Crippen LogP contribution in [0.2, 0.25) is 0 Å². The molecule has 3 heteroatoms. The molecule has 0 amide bonds. The van der Waals surface area contributed by atoms with Crippen LogP contribution in [0.15, 0.2) is 11.1 Å². The molecule has 0 saturated carbocycles. The Hall–Kier alpha value is -0.670. The van der Waals surface area contributed by atoms with Gasteiger partial charge in [0.2, 0.25) is 0 Å². The lowest BCUT2D eigenvalue weighted by Crippen LogP contribution is -2.46. The fourth-order valence-corrected chi connectivity index (χ4v) is 2.20. The van der Waals surface area contributed by atoms with E-state index in [4.69, 9.17) is 9.47 Å². The van der Waals surface area contributed by atoms with Crippen molar-refractivity contribution in [2.45, 2.75) is 33.0 Å². The van der Waals surface area contributed by atoms with Gasteiger partial charge in [-0.05, 0) is 25.0 Å². The van der Waals surface area contributed by atoms with E-state index in [1.54, 1.807) is 14.2 Å². The summed E-state index contributed by atoms with van der Waals surface area (Å²) in [5.41, 5.74) is 1.66. The van der Waals surface area contributed by atoms with Crippen molar-refractivity contribution in [1.29, 1.82) is 0 Å². The van der Waals surface area contributed by atoms with Crippen LogP contribution >= 0.6 is 0 Å². The lowest BCUT2D eigenvalue weighted by atomic mass is 9.79. The van der Waals surface area contributed by atoms with Gasteiger partial charge in [0.25, 0.3) is 0 Å². The molecule has 1 atom stereocenters. The number of hydrogen-bond acceptors (Lipinski definition) is 3. The highest BCUT2D eigenvalue weighted by molar-refractivity contribution is 5.97. The van der Waals surface area contributed by atoms with Crippen LogP contribution in [-0.4, -0.2) is 25.8 Å². The minimum absolute atomic E-state index is 0.0636. The summed E-state index contributed by atoms with van der Waals surface area (Å²) in [5.74, 6) is -0.453. The van der Waals surface area contributed by atoms with Crippen LogP contribution in [0.1, 0.15) is 27.2 Å². The van der Waals surface area contributed by atoms with E-state index in [9.17, 15) is 4.79 Å². The van der Waals surface area contributed by atoms with Crippen molar-refractivity contribution in [1.82, 2.24) is 0 Å². The molecule has 0 aromatic heterocycles. The van der Waals surface area contributed by atoms with Crippen molar-refractivity contribution < 1.29 is 14.3 Å². The molecule has 1 aliphatic rings. The van der Waals surface area contributed by atoms with Crippen LogP contribution in [0.4, 0.5) is 0 Å². The molecule has 0 aromatic rings. The highest BCUT2D eigenvalue weighted by Gasteiger charge is 2.44. The van der Waals surface area contributed by atoms with Gasteiger partial charge < -0.3 is 9.47 Å². The lowest BCUT2D eigenvalue weighted by Gasteiger charge is -2.40. The van der Waals surface area contributed by atoms with E-state index in [1.165, 1.54) is 0 Å². The van der Waals surface area contributed by atoms with Gasteiger partial charge in [0, 0.05) is 26.6 Å². The molecule has 0 unspecified atom stereocenters. The maximum Gasteiger partial charge on any atom is 0.193 e. The molecule has 1 rings (SSSR count). The first kappa shape index (κ1) is 11.4. The van der Waals surface area contributed by atoms with Crippen molar-refractivity contribution in [3.05, 3.63) is 11.1 Å². The number of ether oxygens (including phenoxy) is 2. The summed E-state index contributed by atoms with van der Waals surface area (Å²) in [6.45, 7) is 5.70. The molecule has 0 N–H and O–H groups in total. The minimum atomic E-state index is -0.710. The average Bonchev–Trinajstić information content (AvgIpc) is 2.17. The summed E-state index contributed by atoms with van der Waals surface area (Å²) in [7, 11) is 3.24. The van der Waals surface area contributed by atoms with Crippen molar-refractivity contribution in [3.63, 3.8) is 0 Å². The fraction of sp³-hybridized carbons (Fsp3) is 0.727. The molecule has 0 radical (unpaired) electrons. The number of allylic oxidation sites excluding steroid dienone is 1. The summed E-state index contributed by atoms with van der Waals surface area (Å²) >= 11 is 0. The largest absolute Gasteiger partial charge is 0.349 e. The van der Waals surface area contributed by atoms with Gasteiger partial charge in [0.15, 0.2) is 11.6 Å². The first-order chi connectivity index (χ1) is 6.49. The zero-order valence-electron chi connectivity index (χ0n) is 9.51.